The summed E-state index contributed by atoms with van der Waals surface area (Å²) in [6.07, 6.45) is 2.34. The van der Waals surface area contributed by atoms with E-state index >= 15 is 0 Å². The van der Waals surface area contributed by atoms with E-state index in [1.807, 2.05) is 6.26 Å². The van der Waals surface area contributed by atoms with Gasteiger partial charge in [0.15, 0.2) is 9.84 Å². The molecule has 106 valence electrons. The highest BCUT2D eigenvalue weighted by Gasteiger charge is 2.23. The summed E-state index contributed by atoms with van der Waals surface area (Å²) >= 11 is 13.1. The minimum absolute atomic E-state index is 0.0326. The number of carboxylic acids is 1. The molecule has 0 radical (unpaired) electrons. The summed E-state index contributed by atoms with van der Waals surface area (Å²) in [5.74, 6) is -0.705. The van der Waals surface area contributed by atoms with Crippen LogP contribution >= 0.6 is 35.0 Å². The van der Waals surface area contributed by atoms with Crippen LogP contribution in [0.15, 0.2) is 17.0 Å². The first-order valence-corrected chi connectivity index (χ1v) is 9.04. The van der Waals surface area contributed by atoms with Gasteiger partial charge in [0, 0.05) is 5.02 Å². The molecule has 0 aliphatic heterocycles. The number of carbonyl (C=O) groups is 1. The molecule has 0 amide bonds. The number of halogens is 2. The summed E-state index contributed by atoms with van der Waals surface area (Å²) in [6, 6.07) is 2.32. The summed E-state index contributed by atoms with van der Waals surface area (Å²) in [7, 11) is -3.63. The summed E-state index contributed by atoms with van der Waals surface area (Å²) in [5.41, 5.74) is -0.308. The van der Waals surface area contributed by atoms with Gasteiger partial charge in [0.05, 0.1) is 21.2 Å². The van der Waals surface area contributed by atoms with Gasteiger partial charge in [-0.1, -0.05) is 23.2 Å². The zero-order valence-electron chi connectivity index (χ0n) is 10.0. The number of hydrogen-bond donors (Lipinski definition) is 1. The molecule has 0 aromatic heterocycles. The van der Waals surface area contributed by atoms with E-state index in [1.54, 1.807) is 0 Å². The van der Waals surface area contributed by atoms with Gasteiger partial charge >= 0.3 is 5.97 Å². The fourth-order valence-electron chi connectivity index (χ4n) is 1.45. The van der Waals surface area contributed by atoms with Crippen LogP contribution < -0.4 is 0 Å². The number of rotatable bonds is 6. The van der Waals surface area contributed by atoms with Crippen molar-refractivity contribution in [1.82, 2.24) is 0 Å². The molecule has 0 fully saturated rings. The topological polar surface area (TPSA) is 71.4 Å². The number of thioether (sulfide) groups is 1. The Bertz CT molecular complexity index is 585. The maximum atomic E-state index is 12.1. The number of hydrogen-bond acceptors (Lipinski definition) is 4. The molecule has 1 aromatic rings. The third-order valence-electron chi connectivity index (χ3n) is 2.33. The summed E-state index contributed by atoms with van der Waals surface area (Å²) in [5, 5.41) is 8.70. The van der Waals surface area contributed by atoms with E-state index in [2.05, 4.69) is 0 Å². The average Bonchev–Trinajstić information content (AvgIpc) is 2.31. The van der Waals surface area contributed by atoms with Crippen molar-refractivity contribution in [3.05, 3.63) is 27.7 Å². The zero-order valence-corrected chi connectivity index (χ0v) is 13.2. The molecule has 0 saturated carbocycles. The van der Waals surface area contributed by atoms with Crippen molar-refractivity contribution < 1.29 is 18.3 Å². The Morgan fingerprint density at radius 3 is 2.53 bits per heavy atom. The first-order valence-electron chi connectivity index (χ1n) is 5.23. The molecule has 0 aliphatic carbocycles. The van der Waals surface area contributed by atoms with Crippen molar-refractivity contribution in [3.8, 4) is 0 Å². The van der Waals surface area contributed by atoms with Crippen molar-refractivity contribution in [2.45, 2.75) is 11.3 Å². The number of benzene rings is 1. The van der Waals surface area contributed by atoms with E-state index in [-0.39, 0.29) is 26.3 Å². The average molecular weight is 343 g/mol. The Morgan fingerprint density at radius 1 is 1.37 bits per heavy atom. The molecule has 19 heavy (non-hydrogen) atoms. The highest BCUT2D eigenvalue weighted by Crippen LogP contribution is 2.30. The van der Waals surface area contributed by atoms with Crippen molar-refractivity contribution in [2.75, 3.05) is 17.8 Å². The highest BCUT2D eigenvalue weighted by atomic mass is 35.5. The van der Waals surface area contributed by atoms with E-state index in [4.69, 9.17) is 28.3 Å². The van der Waals surface area contributed by atoms with Crippen LogP contribution in [0.25, 0.3) is 0 Å². The van der Waals surface area contributed by atoms with Gasteiger partial charge < -0.3 is 5.11 Å². The smallest absolute Gasteiger partial charge is 0.337 e. The Kier molecular flexibility index (Phi) is 5.98. The van der Waals surface area contributed by atoms with E-state index in [1.165, 1.54) is 17.8 Å². The van der Waals surface area contributed by atoms with E-state index in [9.17, 15) is 13.2 Å². The zero-order chi connectivity index (χ0) is 14.6. The first-order chi connectivity index (χ1) is 8.79. The maximum Gasteiger partial charge on any atom is 0.337 e. The van der Waals surface area contributed by atoms with Crippen LogP contribution in [-0.4, -0.2) is 37.3 Å². The standard InChI is InChI=1S/C11H12Cl2O4S2/c1-18-3-2-4-19(16,17)9-6-7(12)5-8(10(9)13)11(14)15/h5-6H,2-4H2,1H3,(H,14,15). The van der Waals surface area contributed by atoms with Crippen LogP contribution in [0.1, 0.15) is 16.8 Å². The Labute approximate surface area is 126 Å². The number of carboxylic acid groups (broad SMARTS) is 1. The predicted molar refractivity (Wildman–Crippen MR) is 78.5 cm³/mol. The monoisotopic (exact) mass is 342 g/mol. The van der Waals surface area contributed by atoms with Crippen LogP contribution in [0.3, 0.4) is 0 Å². The van der Waals surface area contributed by atoms with Crippen LogP contribution in [0.2, 0.25) is 10.0 Å². The lowest BCUT2D eigenvalue weighted by Gasteiger charge is -2.09. The minimum Gasteiger partial charge on any atom is -0.478 e. The fourth-order valence-corrected chi connectivity index (χ4v) is 4.32. The van der Waals surface area contributed by atoms with Gasteiger partial charge in [-0.15, -0.1) is 0 Å². The van der Waals surface area contributed by atoms with Gasteiger partial charge in [-0.05, 0) is 30.6 Å². The van der Waals surface area contributed by atoms with Crippen LogP contribution in [0.5, 0.6) is 0 Å². The first kappa shape index (κ1) is 16.6. The van der Waals surface area contributed by atoms with Crippen LogP contribution in [-0.2, 0) is 9.84 Å². The quantitative estimate of drug-likeness (QED) is 0.803. The van der Waals surface area contributed by atoms with E-state index in [0.29, 0.717) is 12.2 Å². The normalized spacial score (nSPS) is 11.5. The summed E-state index contributed by atoms with van der Waals surface area (Å²) in [4.78, 5) is 10.8. The van der Waals surface area contributed by atoms with Crippen molar-refractivity contribution in [1.29, 1.82) is 0 Å². The molecule has 0 bridgehead atoms. The SMILES string of the molecule is CSCCCS(=O)(=O)c1cc(Cl)cc(C(=O)O)c1Cl. The second-order valence-corrected chi connectivity index (χ2v) is 7.61. The van der Waals surface area contributed by atoms with E-state index in [0.717, 1.165) is 6.07 Å². The molecule has 4 nitrogen and oxygen atoms in total. The molecule has 0 saturated heterocycles. The minimum atomic E-state index is -3.63. The lowest BCUT2D eigenvalue weighted by molar-refractivity contribution is 0.0697. The lowest BCUT2D eigenvalue weighted by atomic mass is 10.2. The second kappa shape index (κ2) is 6.83. The number of aromatic carboxylic acids is 1. The second-order valence-electron chi connectivity index (χ2n) is 3.74. The Hall–Kier alpha value is -0.430. The van der Waals surface area contributed by atoms with Crippen molar-refractivity contribution in [3.63, 3.8) is 0 Å². The largest absolute Gasteiger partial charge is 0.478 e. The van der Waals surface area contributed by atoms with E-state index < -0.39 is 15.8 Å². The van der Waals surface area contributed by atoms with Crippen LogP contribution in [0.4, 0.5) is 0 Å². The third-order valence-corrected chi connectivity index (χ3v) is 5.58. The van der Waals surface area contributed by atoms with Gasteiger partial charge in [0.25, 0.3) is 0 Å². The highest BCUT2D eigenvalue weighted by molar-refractivity contribution is 7.98. The molecule has 0 spiro atoms. The van der Waals surface area contributed by atoms with Crippen molar-refractivity contribution in [2.24, 2.45) is 0 Å². The maximum absolute atomic E-state index is 12.1. The van der Waals surface area contributed by atoms with Crippen LogP contribution in [0, 0.1) is 0 Å². The molecule has 0 atom stereocenters. The fraction of sp³-hybridized carbons (Fsp3) is 0.364. The molecule has 0 aliphatic rings. The third kappa shape index (κ3) is 4.27. The van der Waals surface area contributed by atoms with Gasteiger partial charge in [-0.2, -0.15) is 11.8 Å². The lowest BCUT2D eigenvalue weighted by Crippen LogP contribution is -2.10. The molecule has 1 aromatic carbocycles. The van der Waals surface area contributed by atoms with Gasteiger partial charge in [0.2, 0.25) is 0 Å². The Morgan fingerprint density at radius 2 is 2.00 bits per heavy atom. The molecule has 8 heteroatoms. The summed E-state index contributed by atoms with van der Waals surface area (Å²) in [6.45, 7) is 0. The Balaban J connectivity index is 3.23. The van der Waals surface area contributed by atoms with Gasteiger partial charge in [-0.3, -0.25) is 0 Å². The molecule has 1 N–H and O–H groups in total. The van der Waals surface area contributed by atoms with Gasteiger partial charge in [-0.25, -0.2) is 13.2 Å². The molecule has 1 rings (SSSR count). The molecule has 0 unspecified atom stereocenters. The van der Waals surface area contributed by atoms with Crippen molar-refractivity contribution >= 4 is 50.8 Å². The number of sulfone groups is 1. The van der Waals surface area contributed by atoms with Gasteiger partial charge in [0.1, 0.15) is 0 Å². The predicted octanol–water partition coefficient (Wildman–Crippen LogP) is 3.22. The molecular weight excluding hydrogens is 331 g/mol. The molecule has 0 heterocycles. The molecular formula is C11H12Cl2O4S2. The summed E-state index contributed by atoms with van der Waals surface area (Å²) < 4.78 is 24.2.